The Morgan fingerprint density at radius 2 is 1.58 bits per heavy atom. The van der Waals surface area contributed by atoms with E-state index in [2.05, 4.69) is 103 Å². The standard InChI is InChI=1S/C17H11Br5N2/c1-8-17(11-6-14(21)15(22)7-13(11)20)24-16(23-8)4-9-2-3-10(18)5-12(9)19/h2-3,5-7H,4H2,1H3,(H,23,24). The summed E-state index contributed by atoms with van der Waals surface area (Å²) in [5.41, 5.74) is 4.25. The predicted molar refractivity (Wildman–Crippen MR) is 117 cm³/mol. The molecule has 0 radical (unpaired) electrons. The van der Waals surface area contributed by atoms with E-state index >= 15 is 0 Å². The van der Waals surface area contributed by atoms with Gasteiger partial charge in [0.25, 0.3) is 0 Å². The van der Waals surface area contributed by atoms with Gasteiger partial charge in [0, 0.05) is 40.0 Å². The monoisotopic (exact) mass is 638 g/mol. The summed E-state index contributed by atoms with van der Waals surface area (Å²) >= 11 is 17.8. The third-order valence-corrected chi connectivity index (χ3v) is 7.30. The number of H-pyrrole nitrogens is 1. The number of halogens is 5. The summed E-state index contributed by atoms with van der Waals surface area (Å²) in [6.45, 7) is 2.05. The van der Waals surface area contributed by atoms with Crippen molar-refractivity contribution in [3.05, 3.63) is 69.8 Å². The van der Waals surface area contributed by atoms with Crippen LogP contribution in [0, 0.1) is 6.92 Å². The van der Waals surface area contributed by atoms with Gasteiger partial charge in [-0.05, 0) is 68.6 Å². The molecule has 0 atom stereocenters. The van der Waals surface area contributed by atoms with Crippen molar-refractivity contribution in [3.63, 3.8) is 0 Å². The lowest BCUT2D eigenvalue weighted by atomic mass is 10.1. The first-order valence-electron chi connectivity index (χ1n) is 6.99. The van der Waals surface area contributed by atoms with Gasteiger partial charge in [0.05, 0.1) is 5.69 Å². The lowest BCUT2D eigenvalue weighted by Crippen LogP contribution is -1.92. The Morgan fingerprint density at radius 3 is 2.29 bits per heavy atom. The van der Waals surface area contributed by atoms with Crippen molar-refractivity contribution in [1.82, 2.24) is 9.97 Å². The molecule has 2 nitrogen and oxygen atoms in total. The van der Waals surface area contributed by atoms with Gasteiger partial charge in [-0.2, -0.15) is 0 Å². The van der Waals surface area contributed by atoms with E-state index in [1.54, 1.807) is 0 Å². The third-order valence-electron chi connectivity index (χ3n) is 3.57. The summed E-state index contributed by atoms with van der Waals surface area (Å²) < 4.78 is 5.13. The van der Waals surface area contributed by atoms with Gasteiger partial charge in [0.2, 0.25) is 0 Å². The average Bonchev–Trinajstić information content (AvgIpc) is 2.86. The zero-order valence-electron chi connectivity index (χ0n) is 12.4. The van der Waals surface area contributed by atoms with Gasteiger partial charge in [0.15, 0.2) is 0 Å². The minimum absolute atomic E-state index is 0.740. The van der Waals surface area contributed by atoms with Crippen molar-refractivity contribution in [2.75, 3.05) is 0 Å². The molecule has 1 N–H and O–H groups in total. The molecular weight excluding hydrogens is 632 g/mol. The number of hydrogen-bond donors (Lipinski definition) is 1. The van der Waals surface area contributed by atoms with Crippen molar-refractivity contribution < 1.29 is 0 Å². The molecule has 0 aliphatic carbocycles. The van der Waals surface area contributed by atoms with Gasteiger partial charge < -0.3 is 4.98 Å². The molecule has 0 fully saturated rings. The minimum atomic E-state index is 0.740. The Morgan fingerprint density at radius 1 is 0.875 bits per heavy atom. The molecule has 0 saturated carbocycles. The molecule has 1 aromatic heterocycles. The molecule has 124 valence electrons. The lowest BCUT2D eigenvalue weighted by Gasteiger charge is -2.05. The number of aromatic nitrogens is 2. The largest absolute Gasteiger partial charge is 0.345 e. The van der Waals surface area contributed by atoms with E-state index in [1.807, 2.05) is 19.1 Å². The number of aromatic amines is 1. The first-order chi connectivity index (χ1) is 11.3. The molecule has 7 heteroatoms. The molecule has 0 spiro atoms. The fraction of sp³-hybridized carbons (Fsp3) is 0.118. The van der Waals surface area contributed by atoms with Crippen LogP contribution in [0.1, 0.15) is 17.1 Å². The number of nitrogens with one attached hydrogen (secondary N) is 1. The van der Waals surface area contributed by atoms with Crippen LogP contribution in [0.2, 0.25) is 0 Å². The van der Waals surface area contributed by atoms with Crippen molar-refractivity contribution in [2.45, 2.75) is 13.3 Å². The number of hydrogen-bond acceptors (Lipinski definition) is 1. The normalized spacial score (nSPS) is 11.1. The molecule has 0 aliphatic heterocycles. The Kier molecular flexibility index (Phi) is 6.07. The van der Waals surface area contributed by atoms with Gasteiger partial charge in [-0.1, -0.05) is 53.9 Å². The van der Waals surface area contributed by atoms with Crippen LogP contribution in [0.4, 0.5) is 0 Å². The molecular formula is C17H11Br5N2. The Labute approximate surface area is 182 Å². The smallest absolute Gasteiger partial charge is 0.111 e. The molecule has 24 heavy (non-hydrogen) atoms. The Balaban J connectivity index is 1.97. The average molecular weight is 643 g/mol. The molecule has 3 rings (SSSR count). The molecule has 0 amide bonds. The summed E-state index contributed by atoms with van der Waals surface area (Å²) in [5, 5.41) is 0. The van der Waals surface area contributed by atoms with Crippen molar-refractivity contribution in [3.8, 4) is 11.3 Å². The molecule has 1 heterocycles. The van der Waals surface area contributed by atoms with Crippen LogP contribution in [0.5, 0.6) is 0 Å². The van der Waals surface area contributed by atoms with Crippen LogP contribution >= 0.6 is 79.6 Å². The van der Waals surface area contributed by atoms with Crippen LogP contribution in [0.15, 0.2) is 52.7 Å². The predicted octanol–water partition coefficient (Wildman–Crippen LogP) is 7.79. The zero-order valence-corrected chi connectivity index (χ0v) is 20.4. The summed E-state index contributed by atoms with van der Waals surface area (Å²) in [6, 6.07) is 10.3. The highest BCUT2D eigenvalue weighted by molar-refractivity contribution is 9.13. The fourth-order valence-corrected chi connectivity index (χ4v) is 5.13. The first-order valence-corrected chi connectivity index (χ1v) is 11.0. The maximum absolute atomic E-state index is 4.82. The molecule has 2 aromatic carbocycles. The molecule has 0 saturated heterocycles. The molecule has 0 bridgehead atoms. The number of nitrogens with zero attached hydrogens (tertiary/aromatic N) is 1. The number of imidazole rings is 1. The van der Waals surface area contributed by atoms with Crippen LogP contribution in [-0.2, 0) is 6.42 Å². The van der Waals surface area contributed by atoms with E-state index in [0.717, 1.165) is 51.6 Å². The summed E-state index contributed by atoms with van der Waals surface area (Å²) in [4.78, 5) is 8.22. The number of aryl methyl sites for hydroxylation is 1. The molecule has 0 unspecified atom stereocenters. The topological polar surface area (TPSA) is 28.7 Å². The van der Waals surface area contributed by atoms with E-state index in [9.17, 15) is 0 Å². The SMILES string of the molecule is Cc1[nH]c(Cc2ccc(Br)cc2Br)nc1-c1cc(Br)c(Br)cc1Br. The molecule has 3 aromatic rings. The van der Waals surface area contributed by atoms with Crippen molar-refractivity contribution >= 4 is 79.6 Å². The Bertz CT molecular complexity index is 918. The number of benzene rings is 2. The van der Waals surface area contributed by atoms with Crippen LogP contribution in [-0.4, -0.2) is 9.97 Å². The van der Waals surface area contributed by atoms with Gasteiger partial charge in [-0.3, -0.25) is 0 Å². The maximum atomic E-state index is 4.82. The highest BCUT2D eigenvalue weighted by Gasteiger charge is 2.15. The third kappa shape index (κ3) is 4.06. The van der Waals surface area contributed by atoms with E-state index in [4.69, 9.17) is 4.98 Å². The Hall–Kier alpha value is 0.0500. The van der Waals surface area contributed by atoms with Crippen molar-refractivity contribution in [2.24, 2.45) is 0 Å². The van der Waals surface area contributed by atoms with E-state index < -0.39 is 0 Å². The van der Waals surface area contributed by atoms with Gasteiger partial charge >= 0.3 is 0 Å². The zero-order chi connectivity index (χ0) is 17.4. The highest BCUT2D eigenvalue weighted by Crippen LogP contribution is 2.36. The van der Waals surface area contributed by atoms with Crippen LogP contribution in [0.25, 0.3) is 11.3 Å². The van der Waals surface area contributed by atoms with E-state index in [0.29, 0.717) is 0 Å². The summed E-state index contributed by atoms with van der Waals surface area (Å²) in [6.07, 6.45) is 0.740. The van der Waals surface area contributed by atoms with Gasteiger partial charge in [0.1, 0.15) is 5.82 Å². The van der Waals surface area contributed by atoms with E-state index in [-0.39, 0.29) is 0 Å². The summed E-state index contributed by atoms with van der Waals surface area (Å²) in [5.74, 6) is 0.941. The summed E-state index contributed by atoms with van der Waals surface area (Å²) in [7, 11) is 0. The lowest BCUT2D eigenvalue weighted by molar-refractivity contribution is 1.01. The first kappa shape index (κ1) is 18.8. The fourth-order valence-electron chi connectivity index (χ4n) is 2.42. The second-order valence-electron chi connectivity index (χ2n) is 5.32. The van der Waals surface area contributed by atoms with Gasteiger partial charge in [-0.25, -0.2) is 4.98 Å². The minimum Gasteiger partial charge on any atom is -0.345 e. The maximum Gasteiger partial charge on any atom is 0.111 e. The highest BCUT2D eigenvalue weighted by atomic mass is 79.9. The van der Waals surface area contributed by atoms with Crippen LogP contribution in [0.3, 0.4) is 0 Å². The van der Waals surface area contributed by atoms with Gasteiger partial charge in [-0.15, -0.1) is 0 Å². The molecule has 0 aliphatic rings. The quantitative estimate of drug-likeness (QED) is 0.291. The van der Waals surface area contributed by atoms with Crippen LogP contribution < -0.4 is 0 Å². The van der Waals surface area contributed by atoms with Crippen molar-refractivity contribution in [1.29, 1.82) is 0 Å². The van der Waals surface area contributed by atoms with E-state index in [1.165, 1.54) is 5.56 Å². The second-order valence-corrected chi connectivity index (χ2v) is 9.65. The second kappa shape index (κ2) is 7.74. The number of rotatable bonds is 3.